The van der Waals surface area contributed by atoms with Crippen LogP contribution in [-0.2, 0) is 0 Å². The molecule has 20 heavy (non-hydrogen) atoms. The molecule has 2 unspecified atom stereocenters. The molecule has 1 aromatic carbocycles. The molecule has 0 heteroatoms. The van der Waals surface area contributed by atoms with E-state index in [-0.39, 0.29) is 0 Å². The second-order valence-corrected chi connectivity index (χ2v) is 6.08. The van der Waals surface area contributed by atoms with E-state index in [1.54, 1.807) is 0 Å². The Balaban J connectivity index is 2.59. The van der Waals surface area contributed by atoms with Crippen molar-refractivity contribution in [3.05, 3.63) is 35.9 Å². The average molecular weight is 273 g/mol. The van der Waals surface area contributed by atoms with Crippen molar-refractivity contribution >= 4 is 0 Å². The van der Waals surface area contributed by atoms with Crippen molar-refractivity contribution < 1.29 is 0 Å². The van der Waals surface area contributed by atoms with E-state index in [2.05, 4.69) is 51.1 Å². The molecule has 0 spiro atoms. The summed E-state index contributed by atoms with van der Waals surface area (Å²) in [4.78, 5) is 0. The van der Waals surface area contributed by atoms with E-state index >= 15 is 0 Å². The minimum Gasteiger partial charge on any atom is -0.0654 e. The van der Waals surface area contributed by atoms with E-state index in [4.69, 9.17) is 0 Å². The molecule has 0 aliphatic heterocycles. The Morgan fingerprint density at radius 3 is 2.30 bits per heavy atom. The highest BCUT2D eigenvalue weighted by atomic mass is 14.2. The zero-order valence-corrected chi connectivity index (χ0v) is 13.8. The van der Waals surface area contributed by atoms with Crippen molar-refractivity contribution in [3.8, 4) is 0 Å². The molecule has 0 heterocycles. The first-order valence-corrected chi connectivity index (χ1v) is 8.80. The largest absolute Gasteiger partial charge is 0.0654 e. The summed E-state index contributed by atoms with van der Waals surface area (Å²) < 4.78 is 0. The molecule has 1 radical (unpaired) electrons. The summed E-state index contributed by atoms with van der Waals surface area (Å²) in [6.45, 7) is 6.96. The van der Waals surface area contributed by atoms with Gasteiger partial charge in [-0.05, 0) is 29.9 Å². The van der Waals surface area contributed by atoms with E-state index in [1.807, 2.05) is 0 Å². The number of rotatable bonds is 11. The van der Waals surface area contributed by atoms with Crippen LogP contribution in [0.25, 0.3) is 0 Å². The molecular formula is C20H33. The molecule has 0 aliphatic rings. The van der Waals surface area contributed by atoms with Crippen LogP contribution in [0.5, 0.6) is 0 Å². The molecule has 0 aromatic heterocycles. The standard InChI is InChI=1S/C20H33/c1-4-7-8-9-13-17-20(18(6-3)14-5-2)19-15-11-10-12-16-19/h10-12,15,18,20H,4-9,13-14,17H2,1-3H3. The minimum atomic E-state index is 0.725. The zero-order chi connectivity index (χ0) is 14.6. The predicted molar refractivity (Wildman–Crippen MR) is 90.1 cm³/mol. The lowest BCUT2D eigenvalue weighted by atomic mass is 9.78. The lowest BCUT2D eigenvalue weighted by molar-refractivity contribution is 0.352. The van der Waals surface area contributed by atoms with Gasteiger partial charge < -0.3 is 0 Å². The quantitative estimate of drug-likeness (QED) is 0.391. The molecule has 2 atom stereocenters. The summed E-state index contributed by atoms with van der Waals surface area (Å²) in [6.07, 6.45) is 12.2. The third-order valence-corrected chi connectivity index (χ3v) is 4.50. The molecule has 113 valence electrons. The summed E-state index contributed by atoms with van der Waals surface area (Å²) in [5, 5.41) is 0. The van der Waals surface area contributed by atoms with Crippen LogP contribution in [0.4, 0.5) is 0 Å². The minimum absolute atomic E-state index is 0.725. The molecular weight excluding hydrogens is 240 g/mol. The van der Waals surface area contributed by atoms with Crippen LogP contribution in [0, 0.1) is 12.0 Å². The summed E-state index contributed by atoms with van der Waals surface area (Å²) in [5.41, 5.74) is 1.45. The van der Waals surface area contributed by atoms with Crippen LogP contribution < -0.4 is 0 Å². The first-order chi connectivity index (χ1) is 9.83. The number of benzene rings is 1. The van der Waals surface area contributed by atoms with E-state index in [9.17, 15) is 0 Å². The SMILES string of the molecule is CCCCCCCC(c1[c]cccc1)C(CC)CCC. The van der Waals surface area contributed by atoms with Gasteiger partial charge in [0.15, 0.2) is 0 Å². The molecule has 0 N–H and O–H groups in total. The number of hydrogen-bond acceptors (Lipinski definition) is 0. The van der Waals surface area contributed by atoms with Gasteiger partial charge in [0.2, 0.25) is 0 Å². The molecule has 0 fully saturated rings. The van der Waals surface area contributed by atoms with E-state index in [0.717, 1.165) is 11.8 Å². The summed E-state index contributed by atoms with van der Waals surface area (Å²) in [7, 11) is 0. The predicted octanol–water partition coefficient (Wildman–Crippen LogP) is 6.76. The van der Waals surface area contributed by atoms with Crippen LogP contribution in [0.2, 0.25) is 0 Å². The Morgan fingerprint density at radius 2 is 1.70 bits per heavy atom. The van der Waals surface area contributed by atoms with Crippen molar-refractivity contribution in [2.45, 2.75) is 84.5 Å². The number of hydrogen-bond donors (Lipinski definition) is 0. The van der Waals surface area contributed by atoms with Gasteiger partial charge in [-0.3, -0.25) is 0 Å². The summed E-state index contributed by atoms with van der Waals surface area (Å²) >= 11 is 0. The summed E-state index contributed by atoms with van der Waals surface area (Å²) in [5.74, 6) is 1.56. The highest BCUT2D eigenvalue weighted by Gasteiger charge is 2.20. The molecule has 1 rings (SSSR count). The second kappa shape index (κ2) is 10.9. The molecule has 0 bridgehead atoms. The Hall–Kier alpha value is -0.780. The van der Waals surface area contributed by atoms with Crippen LogP contribution in [0.15, 0.2) is 24.3 Å². The van der Waals surface area contributed by atoms with Gasteiger partial charge in [-0.25, -0.2) is 0 Å². The van der Waals surface area contributed by atoms with E-state index in [1.165, 1.54) is 63.4 Å². The normalized spacial score (nSPS) is 14.2. The topological polar surface area (TPSA) is 0 Å². The maximum atomic E-state index is 3.49. The van der Waals surface area contributed by atoms with Gasteiger partial charge in [0, 0.05) is 0 Å². The Kier molecular flexibility index (Phi) is 9.45. The first kappa shape index (κ1) is 17.3. The van der Waals surface area contributed by atoms with E-state index < -0.39 is 0 Å². The Bertz CT molecular complexity index is 314. The molecule has 0 amide bonds. The van der Waals surface area contributed by atoms with Crippen molar-refractivity contribution in [2.75, 3.05) is 0 Å². The van der Waals surface area contributed by atoms with Crippen LogP contribution in [0.1, 0.15) is 90.0 Å². The summed E-state index contributed by atoms with van der Waals surface area (Å²) in [6, 6.07) is 12.1. The van der Waals surface area contributed by atoms with Gasteiger partial charge in [0.25, 0.3) is 0 Å². The molecule has 0 nitrogen and oxygen atoms in total. The molecule has 0 saturated heterocycles. The fourth-order valence-electron chi connectivity index (χ4n) is 3.31. The van der Waals surface area contributed by atoms with Gasteiger partial charge in [0.05, 0.1) is 0 Å². The number of unbranched alkanes of at least 4 members (excludes halogenated alkanes) is 4. The van der Waals surface area contributed by atoms with Gasteiger partial charge in [-0.1, -0.05) is 96.4 Å². The zero-order valence-electron chi connectivity index (χ0n) is 13.8. The second-order valence-electron chi connectivity index (χ2n) is 6.08. The highest BCUT2D eigenvalue weighted by molar-refractivity contribution is 5.18. The highest BCUT2D eigenvalue weighted by Crippen LogP contribution is 2.34. The lowest BCUT2D eigenvalue weighted by Crippen LogP contribution is -2.13. The van der Waals surface area contributed by atoms with E-state index in [0.29, 0.717) is 0 Å². The third-order valence-electron chi connectivity index (χ3n) is 4.50. The van der Waals surface area contributed by atoms with Gasteiger partial charge in [0.1, 0.15) is 0 Å². The smallest absolute Gasteiger partial charge is 0.0128 e. The maximum Gasteiger partial charge on any atom is -0.0128 e. The lowest BCUT2D eigenvalue weighted by Gasteiger charge is -2.26. The first-order valence-electron chi connectivity index (χ1n) is 8.80. The average Bonchev–Trinajstić information content (AvgIpc) is 2.50. The van der Waals surface area contributed by atoms with Crippen LogP contribution >= 0.6 is 0 Å². The van der Waals surface area contributed by atoms with Crippen molar-refractivity contribution in [1.29, 1.82) is 0 Å². The van der Waals surface area contributed by atoms with Crippen LogP contribution in [-0.4, -0.2) is 0 Å². The van der Waals surface area contributed by atoms with Gasteiger partial charge in [-0.15, -0.1) is 0 Å². The molecule has 0 saturated carbocycles. The third kappa shape index (κ3) is 6.11. The Labute approximate surface area is 127 Å². The Morgan fingerprint density at radius 1 is 0.900 bits per heavy atom. The van der Waals surface area contributed by atoms with Crippen molar-refractivity contribution in [2.24, 2.45) is 5.92 Å². The maximum absolute atomic E-state index is 3.49. The monoisotopic (exact) mass is 273 g/mol. The van der Waals surface area contributed by atoms with Crippen LogP contribution in [0.3, 0.4) is 0 Å². The van der Waals surface area contributed by atoms with Gasteiger partial charge >= 0.3 is 0 Å². The molecule has 0 aliphatic carbocycles. The van der Waals surface area contributed by atoms with Crippen molar-refractivity contribution in [3.63, 3.8) is 0 Å². The van der Waals surface area contributed by atoms with Gasteiger partial charge in [-0.2, -0.15) is 0 Å². The fraction of sp³-hybridized carbons (Fsp3) is 0.700. The van der Waals surface area contributed by atoms with Crippen molar-refractivity contribution in [1.82, 2.24) is 0 Å². The fourth-order valence-corrected chi connectivity index (χ4v) is 3.31. The molecule has 1 aromatic rings.